The molecule has 0 saturated carbocycles. The molecule has 0 unspecified atom stereocenters. The van der Waals surface area contributed by atoms with E-state index in [4.69, 9.17) is 21.2 Å². The summed E-state index contributed by atoms with van der Waals surface area (Å²) in [6.45, 7) is -3.72. The summed E-state index contributed by atoms with van der Waals surface area (Å²) in [5.74, 6) is -3.26. The zero-order valence-corrected chi connectivity index (χ0v) is 13.8. The summed E-state index contributed by atoms with van der Waals surface area (Å²) >= 11 is 5.69. The smallest absolute Gasteiger partial charge is 0.343 e. The molecule has 0 spiro atoms. The van der Waals surface area contributed by atoms with Gasteiger partial charge >= 0.3 is 12.4 Å². The van der Waals surface area contributed by atoms with E-state index in [0.29, 0.717) is 6.92 Å². The van der Waals surface area contributed by atoms with Gasteiger partial charge < -0.3 is 10.6 Å². The molecule has 0 fully saturated rings. The minimum atomic E-state index is -5.74. The molecule has 0 aliphatic rings. The normalized spacial score (nSPS) is 21.1. The van der Waals surface area contributed by atoms with Gasteiger partial charge in [-0.1, -0.05) is 17.6 Å². The average molecular weight is 422 g/mol. The summed E-state index contributed by atoms with van der Waals surface area (Å²) in [4.78, 5) is 13.9. The summed E-state index contributed by atoms with van der Waals surface area (Å²) in [6.07, 6.45) is -11.0. The molecule has 27 heavy (non-hydrogen) atoms. The Labute approximate surface area is 164 Å². The number of nitrogens with zero attached hydrogens (tertiary/aromatic N) is 4. The lowest BCUT2D eigenvalue weighted by Crippen LogP contribution is -2.35. The molecule has 0 aliphatic heterocycles. The van der Waals surface area contributed by atoms with E-state index in [0.717, 1.165) is 6.07 Å². The molecule has 2 heterocycles. The molecule has 2 N–H and O–H groups in total. The monoisotopic (exact) mass is 421 g/mol. The second-order valence-electron chi connectivity index (χ2n) is 4.75. The first kappa shape index (κ1) is 12.9. The third-order valence-corrected chi connectivity index (χ3v) is 2.89. The lowest BCUT2D eigenvalue weighted by Gasteiger charge is -2.20. The first-order valence-electron chi connectivity index (χ1n) is 10.2. The van der Waals surface area contributed by atoms with Gasteiger partial charge in [0.2, 0.25) is 11.9 Å². The summed E-state index contributed by atoms with van der Waals surface area (Å²) < 4.78 is 131. The molecule has 0 saturated heterocycles. The van der Waals surface area contributed by atoms with E-state index in [-0.39, 0.29) is 0 Å². The Kier molecular flexibility index (Phi) is 3.69. The van der Waals surface area contributed by atoms with E-state index < -0.39 is 71.9 Å². The predicted octanol–water partition coefficient (Wildman–Crippen LogP) is 4.31. The topological polar surface area (TPSA) is 75.6 Å². The summed E-state index contributed by atoms with van der Waals surface area (Å²) in [5, 5.41) is 2.18. The van der Waals surface area contributed by atoms with Crippen LogP contribution in [-0.2, 0) is 0 Å². The van der Waals surface area contributed by atoms with Gasteiger partial charge in [0.25, 0.3) is 0 Å². The number of nitrogens with one attached hydrogen (secondary N) is 2. The van der Waals surface area contributed by atoms with E-state index in [1.807, 2.05) is 0 Å². The maximum Gasteiger partial charge on any atom is 0.408 e. The Bertz CT molecular complexity index is 1040. The van der Waals surface area contributed by atoms with Gasteiger partial charge in [-0.15, -0.1) is 0 Å². The number of anilines is 2. The van der Waals surface area contributed by atoms with Gasteiger partial charge in [-0.2, -0.15) is 41.3 Å². The van der Waals surface area contributed by atoms with Crippen LogP contribution in [0, 0.1) is 0 Å². The van der Waals surface area contributed by atoms with Crippen LogP contribution in [0.3, 0.4) is 0 Å². The molecular formula is C14H13ClF6N6. The quantitative estimate of drug-likeness (QED) is 0.553. The van der Waals surface area contributed by atoms with Gasteiger partial charge in [0.05, 0.1) is 5.48 Å². The second-order valence-corrected chi connectivity index (χ2v) is 5.11. The van der Waals surface area contributed by atoms with Crippen molar-refractivity contribution in [3.8, 4) is 11.5 Å². The molecule has 2 atom stereocenters. The maximum atomic E-state index is 13.4. The zero-order valence-electron chi connectivity index (χ0n) is 20.0. The lowest BCUT2D eigenvalue weighted by atomic mass is 10.3. The van der Waals surface area contributed by atoms with E-state index >= 15 is 0 Å². The minimum absolute atomic E-state index is 0.336. The van der Waals surface area contributed by atoms with Crippen molar-refractivity contribution in [3.05, 3.63) is 23.3 Å². The molecule has 0 radical (unpaired) electrons. The fourth-order valence-corrected chi connectivity index (χ4v) is 1.61. The molecule has 148 valence electrons. The Morgan fingerprint density at radius 2 is 1.59 bits per heavy atom. The van der Waals surface area contributed by atoms with Gasteiger partial charge in [0.15, 0.2) is 5.82 Å². The number of pyridine rings is 1. The highest BCUT2D eigenvalue weighted by molar-refractivity contribution is 6.29. The number of alkyl halides is 6. The highest BCUT2D eigenvalue weighted by atomic mass is 35.5. The van der Waals surface area contributed by atoms with E-state index in [2.05, 4.69) is 19.9 Å². The van der Waals surface area contributed by atoms with Crippen LogP contribution in [0.15, 0.2) is 18.2 Å². The van der Waals surface area contributed by atoms with Crippen LogP contribution in [0.2, 0.25) is 5.15 Å². The molecule has 0 aromatic carbocycles. The van der Waals surface area contributed by atoms with Crippen LogP contribution in [0.1, 0.15) is 23.4 Å². The molecule has 13 heteroatoms. The average Bonchev–Trinajstić information content (AvgIpc) is 2.62. The molecule has 2 aromatic heterocycles. The number of hydrogen-bond donors (Lipinski definition) is 2. The van der Waals surface area contributed by atoms with Crippen molar-refractivity contribution in [3.63, 3.8) is 0 Å². The molecule has 0 aliphatic carbocycles. The van der Waals surface area contributed by atoms with Gasteiger partial charge in [0, 0.05) is 4.11 Å². The van der Waals surface area contributed by atoms with E-state index in [1.54, 1.807) is 0 Å². The zero-order chi connectivity index (χ0) is 26.5. The predicted molar refractivity (Wildman–Crippen MR) is 86.3 cm³/mol. The summed E-state index contributed by atoms with van der Waals surface area (Å²) in [6, 6.07) is -8.18. The largest absolute Gasteiger partial charge is 0.408 e. The summed E-state index contributed by atoms with van der Waals surface area (Å²) in [7, 11) is 0. The number of halogens is 7. The number of aromatic nitrogens is 4. The molecule has 2 rings (SSSR count). The summed E-state index contributed by atoms with van der Waals surface area (Å²) in [5.41, 5.74) is -0.505. The van der Waals surface area contributed by atoms with Crippen LogP contribution < -0.4 is 10.6 Å². The first-order valence-corrected chi connectivity index (χ1v) is 7.07. The number of rotatable bonds is 5. The van der Waals surface area contributed by atoms with Crippen molar-refractivity contribution in [2.75, 3.05) is 10.6 Å². The standard InChI is InChI=1S/C14H13ClF6N6/c1-6(13(16,17)18)22-11-25-10(8-4-3-5-9(15)24-8)26-12(27-11)23-7(2)14(19,20)21/h3-7H,1-2H3,(H2,22,23,25,26,27)/t6-,7-/m1/s1/i1D3,3D,5D,6D,7D. The van der Waals surface area contributed by atoms with Crippen molar-refractivity contribution < 1.29 is 35.9 Å². The molecule has 0 amide bonds. The molecule has 2 aromatic rings. The lowest BCUT2D eigenvalue weighted by molar-refractivity contribution is -0.139. The SMILES string of the molecule is [2H]c1cc(-c2nc(N[C@]([2H])(C([2H])([2H])[2H])C(F)(F)F)nc(N[C@]([2H])(C)C(F)(F)F)n2)nc(Cl)c1[2H]. The van der Waals surface area contributed by atoms with Crippen LogP contribution >= 0.6 is 11.6 Å². The van der Waals surface area contributed by atoms with Crippen LogP contribution in [0.4, 0.5) is 38.2 Å². The second kappa shape index (κ2) is 7.71. The Hall–Kier alpha value is -2.37. The molecule has 6 nitrogen and oxygen atoms in total. The minimum Gasteiger partial charge on any atom is -0.343 e. The third-order valence-electron chi connectivity index (χ3n) is 2.71. The Balaban J connectivity index is 2.73. The Morgan fingerprint density at radius 1 is 1.04 bits per heavy atom. The molecule has 0 bridgehead atoms. The van der Waals surface area contributed by atoms with Crippen molar-refractivity contribution >= 4 is 23.5 Å². The Morgan fingerprint density at radius 3 is 2.07 bits per heavy atom. The van der Waals surface area contributed by atoms with Crippen molar-refractivity contribution in [2.45, 2.75) is 38.2 Å². The van der Waals surface area contributed by atoms with Gasteiger partial charge in [-0.3, -0.25) is 0 Å². The van der Waals surface area contributed by atoms with Crippen molar-refractivity contribution in [1.29, 1.82) is 0 Å². The molecular weight excluding hydrogens is 402 g/mol. The van der Waals surface area contributed by atoms with Crippen molar-refractivity contribution in [1.82, 2.24) is 19.9 Å². The van der Waals surface area contributed by atoms with Crippen molar-refractivity contribution in [2.24, 2.45) is 0 Å². The maximum absolute atomic E-state index is 13.4. The fourth-order valence-electron chi connectivity index (χ4n) is 1.47. The first-order chi connectivity index (χ1) is 15.1. The van der Waals surface area contributed by atoms with E-state index in [1.165, 1.54) is 10.6 Å². The van der Waals surface area contributed by atoms with Crippen LogP contribution in [0.5, 0.6) is 0 Å². The van der Waals surface area contributed by atoms with Gasteiger partial charge in [0.1, 0.15) is 22.9 Å². The van der Waals surface area contributed by atoms with E-state index in [9.17, 15) is 26.3 Å². The van der Waals surface area contributed by atoms with Crippen LogP contribution in [0.25, 0.3) is 11.5 Å². The highest BCUT2D eigenvalue weighted by Crippen LogP contribution is 2.26. The van der Waals surface area contributed by atoms with Crippen LogP contribution in [-0.4, -0.2) is 44.3 Å². The van der Waals surface area contributed by atoms with Gasteiger partial charge in [-0.05, 0) is 25.9 Å². The third kappa shape index (κ3) is 5.81. The fraction of sp³-hybridized carbons (Fsp3) is 0.429. The van der Waals surface area contributed by atoms with Gasteiger partial charge in [-0.25, -0.2) is 4.98 Å². The number of hydrogen-bond acceptors (Lipinski definition) is 6. The highest BCUT2D eigenvalue weighted by Gasteiger charge is 2.38.